The zero-order valence-electron chi connectivity index (χ0n) is 18.1. The van der Waals surface area contributed by atoms with Gasteiger partial charge in [-0.2, -0.15) is 0 Å². The maximum atomic E-state index is 13.5. The molecule has 5 rings (SSSR count). The number of hydrogen-bond donors (Lipinski definition) is 2. The van der Waals surface area contributed by atoms with E-state index in [1.54, 1.807) is 24.4 Å². The summed E-state index contributed by atoms with van der Waals surface area (Å²) in [5.41, 5.74) is 1.30. The fourth-order valence-electron chi connectivity index (χ4n) is 4.82. The molecule has 0 spiro atoms. The van der Waals surface area contributed by atoms with Crippen LogP contribution in [0.4, 0.5) is 0 Å². The fraction of sp³-hybridized carbons (Fsp3) is 0.348. The Morgan fingerprint density at radius 2 is 1.88 bits per heavy atom. The number of aliphatic hydroxyl groups is 1. The Labute approximate surface area is 190 Å². The standard InChI is InChI=1S/C23H24N4O5S/c1-32-23(29)14-7-9-15(10-8-14)27-18(13-28)25-19-20(27)17-11-12-24-21(17)26-22(19)33(30,31)16-5-3-2-4-6-16/h2-6,11-12,14-15,28H,7-10,13H2,1H3,(H,24,26). The molecule has 0 aliphatic heterocycles. The number of pyridine rings is 1. The Bertz CT molecular complexity index is 1430. The van der Waals surface area contributed by atoms with Gasteiger partial charge < -0.3 is 19.4 Å². The van der Waals surface area contributed by atoms with Crippen LogP contribution in [-0.2, 0) is 26.0 Å². The van der Waals surface area contributed by atoms with E-state index in [1.165, 1.54) is 19.2 Å². The van der Waals surface area contributed by atoms with Gasteiger partial charge in [0.15, 0.2) is 5.03 Å². The fourth-order valence-corrected chi connectivity index (χ4v) is 6.17. The summed E-state index contributed by atoms with van der Waals surface area (Å²) in [6.07, 6.45) is 4.39. The molecular formula is C23H24N4O5S. The highest BCUT2D eigenvalue weighted by molar-refractivity contribution is 7.91. The summed E-state index contributed by atoms with van der Waals surface area (Å²) >= 11 is 0. The molecule has 0 radical (unpaired) electrons. The number of esters is 1. The van der Waals surface area contributed by atoms with E-state index < -0.39 is 9.84 Å². The third kappa shape index (κ3) is 3.50. The van der Waals surface area contributed by atoms with Crippen molar-refractivity contribution in [1.82, 2.24) is 19.5 Å². The van der Waals surface area contributed by atoms with Gasteiger partial charge in [0.25, 0.3) is 0 Å². The van der Waals surface area contributed by atoms with Crippen LogP contribution in [0, 0.1) is 5.92 Å². The number of benzene rings is 1. The Kier molecular flexibility index (Phi) is 5.41. The second-order valence-corrected chi connectivity index (χ2v) is 10.1. The van der Waals surface area contributed by atoms with Crippen LogP contribution >= 0.6 is 0 Å². The first-order chi connectivity index (χ1) is 16.0. The number of fused-ring (bicyclic) bond motifs is 3. The number of sulfone groups is 1. The summed E-state index contributed by atoms with van der Waals surface area (Å²) in [5.74, 6) is 0.0212. The maximum absolute atomic E-state index is 13.5. The predicted molar refractivity (Wildman–Crippen MR) is 120 cm³/mol. The van der Waals surface area contributed by atoms with Crippen molar-refractivity contribution >= 4 is 37.9 Å². The van der Waals surface area contributed by atoms with Crippen LogP contribution in [-0.4, -0.2) is 46.1 Å². The largest absolute Gasteiger partial charge is 0.469 e. The monoisotopic (exact) mass is 468 g/mol. The third-order valence-corrected chi connectivity index (χ3v) is 8.11. The first-order valence-corrected chi connectivity index (χ1v) is 12.3. The number of nitrogens with zero attached hydrogens (tertiary/aromatic N) is 3. The van der Waals surface area contributed by atoms with Gasteiger partial charge in [0.2, 0.25) is 9.84 Å². The number of aromatic nitrogens is 4. The number of rotatable bonds is 5. The molecule has 10 heteroatoms. The average molecular weight is 469 g/mol. The van der Waals surface area contributed by atoms with Crippen LogP contribution in [0.2, 0.25) is 0 Å². The van der Waals surface area contributed by atoms with Crippen molar-refractivity contribution in [1.29, 1.82) is 0 Å². The van der Waals surface area contributed by atoms with Crippen LogP contribution in [0.1, 0.15) is 37.5 Å². The topological polar surface area (TPSA) is 127 Å². The molecule has 9 nitrogen and oxygen atoms in total. The molecule has 4 aromatic rings. The highest BCUT2D eigenvalue weighted by Crippen LogP contribution is 2.39. The van der Waals surface area contributed by atoms with Gasteiger partial charge in [-0.25, -0.2) is 18.4 Å². The number of carbonyl (C=O) groups excluding carboxylic acids is 1. The molecule has 0 amide bonds. The number of imidazole rings is 1. The molecular weight excluding hydrogens is 444 g/mol. The molecule has 0 bridgehead atoms. The van der Waals surface area contributed by atoms with Gasteiger partial charge in [0.05, 0.1) is 23.4 Å². The first kappa shape index (κ1) is 21.6. The van der Waals surface area contributed by atoms with E-state index in [-0.39, 0.29) is 40.0 Å². The minimum atomic E-state index is -3.95. The van der Waals surface area contributed by atoms with Crippen molar-refractivity contribution in [2.45, 2.75) is 48.3 Å². The molecule has 33 heavy (non-hydrogen) atoms. The minimum absolute atomic E-state index is 0.0363. The molecule has 0 atom stereocenters. The minimum Gasteiger partial charge on any atom is -0.469 e. The van der Waals surface area contributed by atoms with Crippen LogP contribution < -0.4 is 0 Å². The van der Waals surface area contributed by atoms with Gasteiger partial charge >= 0.3 is 5.97 Å². The summed E-state index contributed by atoms with van der Waals surface area (Å²) in [6.45, 7) is -0.345. The molecule has 3 heterocycles. The van der Waals surface area contributed by atoms with Crippen molar-refractivity contribution in [2.75, 3.05) is 7.11 Å². The predicted octanol–water partition coefficient (Wildman–Crippen LogP) is 3.14. The van der Waals surface area contributed by atoms with Gasteiger partial charge in [-0.3, -0.25) is 4.79 Å². The Morgan fingerprint density at radius 3 is 2.55 bits per heavy atom. The molecule has 1 saturated carbocycles. The van der Waals surface area contributed by atoms with Crippen molar-refractivity contribution in [3.8, 4) is 0 Å². The zero-order valence-corrected chi connectivity index (χ0v) is 18.9. The maximum Gasteiger partial charge on any atom is 0.308 e. The molecule has 0 saturated heterocycles. The lowest BCUT2D eigenvalue weighted by molar-refractivity contribution is -0.146. The number of methoxy groups -OCH3 is 1. The summed E-state index contributed by atoms with van der Waals surface area (Å²) in [6, 6.07) is 9.93. The Morgan fingerprint density at radius 1 is 1.15 bits per heavy atom. The normalized spacial score (nSPS) is 19.2. The lowest BCUT2D eigenvalue weighted by atomic mass is 9.86. The Balaban J connectivity index is 1.70. The quantitative estimate of drug-likeness (QED) is 0.431. The first-order valence-electron chi connectivity index (χ1n) is 10.8. The number of carbonyl (C=O) groups is 1. The van der Waals surface area contributed by atoms with E-state index in [1.807, 2.05) is 10.6 Å². The van der Waals surface area contributed by atoms with Crippen molar-refractivity contribution < 1.29 is 23.1 Å². The van der Waals surface area contributed by atoms with Crippen molar-refractivity contribution in [3.05, 3.63) is 48.4 Å². The lowest BCUT2D eigenvalue weighted by Gasteiger charge is -2.29. The third-order valence-electron chi connectivity index (χ3n) is 6.43. The van der Waals surface area contributed by atoms with Crippen LogP contribution in [0.5, 0.6) is 0 Å². The van der Waals surface area contributed by atoms with Crippen LogP contribution in [0.3, 0.4) is 0 Å². The summed E-state index contributed by atoms with van der Waals surface area (Å²) in [7, 11) is -2.56. The number of H-pyrrole nitrogens is 1. The van der Waals surface area contributed by atoms with E-state index >= 15 is 0 Å². The molecule has 1 aliphatic carbocycles. The van der Waals surface area contributed by atoms with Gasteiger partial charge in [-0.1, -0.05) is 18.2 Å². The molecule has 0 unspecified atom stereocenters. The van der Waals surface area contributed by atoms with E-state index in [4.69, 9.17) is 4.74 Å². The van der Waals surface area contributed by atoms with Gasteiger partial charge in [-0.15, -0.1) is 0 Å². The number of hydrogen-bond acceptors (Lipinski definition) is 7. The van der Waals surface area contributed by atoms with Crippen LogP contribution in [0.15, 0.2) is 52.5 Å². The molecule has 172 valence electrons. The zero-order chi connectivity index (χ0) is 23.2. The van der Waals surface area contributed by atoms with Gasteiger partial charge in [-0.05, 0) is 43.9 Å². The second-order valence-electron chi connectivity index (χ2n) is 8.26. The number of nitrogens with one attached hydrogen (secondary N) is 1. The van der Waals surface area contributed by atoms with E-state index in [0.29, 0.717) is 42.7 Å². The summed E-state index contributed by atoms with van der Waals surface area (Å²) < 4.78 is 33.9. The van der Waals surface area contributed by atoms with Crippen molar-refractivity contribution in [2.24, 2.45) is 5.92 Å². The number of aliphatic hydroxyl groups excluding tert-OH is 1. The average Bonchev–Trinajstić information content (AvgIpc) is 3.47. The molecule has 3 aromatic heterocycles. The number of ether oxygens (including phenoxy) is 1. The molecule has 1 aliphatic rings. The highest BCUT2D eigenvalue weighted by Gasteiger charge is 2.33. The summed E-state index contributed by atoms with van der Waals surface area (Å²) in [4.78, 5) is 24.1. The molecule has 1 aromatic carbocycles. The number of aromatic amines is 1. The Hall–Kier alpha value is -3.24. The van der Waals surface area contributed by atoms with Gasteiger partial charge in [0.1, 0.15) is 23.6 Å². The van der Waals surface area contributed by atoms with Gasteiger partial charge in [0, 0.05) is 17.6 Å². The highest BCUT2D eigenvalue weighted by atomic mass is 32.2. The van der Waals surface area contributed by atoms with Crippen molar-refractivity contribution in [3.63, 3.8) is 0 Å². The molecule has 1 fully saturated rings. The smallest absolute Gasteiger partial charge is 0.308 e. The SMILES string of the molecule is COC(=O)C1CCC(n2c(CO)nc3c(S(=O)(=O)c4ccccc4)nc4[nH]ccc4c32)CC1. The van der Waals surface area contributed by atoms with E-state index in [9.17, 15) is 18.3 Å². The second kappa shape index (κ2) is 8.27. The lowest BCUT2D eigenvalue weighted by Crippen LogP contribution is -2.25. The van der Waals surface area contributed by atoms with E-state index in [0.717, 1.165) is 5.39 Å². The summed E-state index contributed by atoms with van der Waals surface area (Å²) in [5, 5.41) is 10.7. The molecule has 2 N–H and O–H groups in total. The van der Waals surface area contributed by atoms with E-state index in [2.05, 4.69) is 15.0 Å². The van der Waals surface area contributed by atoms with Crippen LogP contribution in [0.25, 0.3) is 22.1 Å².